The predicted molar refractivity (Wildman–Crippen MR) is 152 cm³/mol. The minimum absolute atomic E-state index is 0.231. The van der Waals surface area contributed by atoms with Crippen LogP contribution in [0.25, 0.3) is 6.08 Å². The number of nitrogens with one attached hydrogen (secondary N) is 1. The van der Waals surface area contributed by atoms with E-state index in [0.29, 0.717) is 62.6 Å². The first-order chi connectivity index (χ1) is 18.0. The quantitative estimate of drug-likeness (QED) is 0.206. The van der Waals surface area contributed by atoms with Crippen LogP contribution >= 0.6 is 35.6 Å². The van der Waals surface area contributed by atoms with Gasteiger partial charge in [-0.3, -0.25) is 4.79 Å². The van der Waals surface area contributed by atoms with Gasteiger partial charge >= 0.3 is 0 Å². The summed E-state index contributed by atoms with van der Waals surface area (Å²) in [7, 11) is 0. The lowest BCUT2D eigenvalue weighted by atomic mass is 10.1. The van der Waals surface area contributed by atoms with Gasteiger partial charge in [-0.2, -0.15) is 0 Å². The minimum Gasteiger partial charge on any atom is -0.490 e. The molecule has 1 aliphatic rings. The van der Waals surface area contributed by atoms with Gasteiger partial charge in [0.2, 0.25) is 0 Å². The maximum atomic E-state index is 12.0. The van der Waals surface area contributed by atoms with Gasteiger partial charge in [0.05, 0.1) is 23.1 Å². The van der Waals surface area contributed by atoms with E-state index in [1.165, 1.54) is 11.8 Å². The fraction of sp³-hybridized carbons (Fsp3) is 0.214. The van der Waals surface area contributed by atoms with E-state index in [-0.39, 0.29) is 12.5 Å². The third kappa shape index (κ3) is 7.19. The number of ether oxygens (including phenoxy) is 4. The Kier molecular flexibility index (Phi) is 9.33. The highest BCUT2D eigenvalue weighted by molar-refractivity contribution is 8.26. The van der Waals surface area contributed by atoms with Crippen LogP contribution in [0.15, 0.2) is 65.6 Å². The second-order valence-electron chi connectivity index (χ2n) is 7.89. The lowest BCUT2D eigenvalue weighted by Crippen LogP contribution is -2.17. The number of rotatable bonds is 11. The van der Waals surface area contributed by atoms with Crippen LogP contribution in [0.4, 0.5) is 0 Å². The number of carbonyl (C=O) groups excluding carboxylic acids is 1. The molecule has 1 heterocycles. The summed E-state index contributed by atoms with van der Waals surface area (Å²) in [5.74, 6) is 1.98. The van der Waals surface area contributed by atoms with Crippen molar-refractivity contribution < 1.29 is 23.7 Å². The first-order valence-electron chi connectivity index (χ1n) is 11.7. The molecule has 0 aliphatic carbocycles. The van der Waals surface area contributed by atoms with Crippen LogP contribution in [0.3, 0.4) is 0 Å². The van der Waals surface area contributed by atoms with Crippen molar-refractivity contribution in [3.05, 3.63) is 87.3 Å². The molecule has 1 N–H and O–H groups in total. The monoisotopic (exact) mass is 555 g/mol. The van der Waals surface area contributed by atoms with Crippen molar-refractivity contribution in [2.45, 2.75) is 27.1 Å². The molecule has 1 saturated heterocycles. The zero-order valence-corrected chi connectivity index (χ0v) is 22.8. The van der Waals surface area contributed by atoms with E-state index in [1.54, 1.807) is 18.2 Å². The Morgan fingerprint density at radius 3 is 2.30 bits per heavy atom. The van der Waals surface area contributed by atoms with Crippen LogP contribution in [0.2, 0.25) is 5.02 Å². The van der Waals surface area contributed by atoms with E-state index in [1.807, 2.05) is 62.4 Å². The summed E-state index contributed by atoms with van der Waals surface area (Å²) in [6.45, 7) is 5.42. The van der Waals surface area contributed by atoms with E-state index >= 15 is 0 Å². The van der Waals surface area contributed by atoms with Crippen molar-refractivity contribution in [3.8, 4) is 23.0 Å². The smallest absolute Gasteiger partial charge is 0.263 e. The number of halogens is 1. The first-order valence-corrected chi connectivity index (χ1v) is 13.3. The molecule has 3 aromatic carbocycles. The fourth-order valence-corrected chi connectivity index (χ4v) is 4.89. The fourth-order valence-electron chi connectivity index (χ4n) is 3.57. The SMILES string of the molecule is CCOc1cc(COc2c(Cl)cc(/C=C3/SC(=S)NC3=O)cc2OCC)ccc1OCc1ccccc1. The molecule has 3 aromatic rings. The van der Waals surface area contributed by atoms with Crippen LogP contribution in [-0.4, -0.2) is 23.4 Å². The Hall–Kier alpha value is -3.20. The number of hydrogen-bond acceptors (Lipinski definition) is 7. The lowest BCUT2D eigenvalue weighted by Gasteiger charge is -2.16. The number of carbonyl (C=O) groups is 1. The number of amides is 1. The summed E-state index contributed by atoms with van der Waals surface area (Å²) in [6, 6.07) is 19.2. The van der Waals surface area contributed by atoms with Crippen LogP contribution in [0.1, 0.15) is 30.5 Å². The van der Waals surface area contributed by atoms with Crippen molar-refractivity contribution in [1.29, 1.82) is 0 Å². The molecule has 0 saturated carbocycles. The second kappa shape index (κ2) is 12.9. The largest absolute Gasteiger partial charge is 0.490 e. The molecule has 1 aliphatic heterocycles. The molecule has 1 amide bonds. The van der Waals surface area contributed by atoms with Crippen molar-refractivity contribution >= 4 is 51.9 Å². The highest BCUT2D eigenvalue weighted by atomic mass is 35.5. The molecular formula is C28H26ClNO5S2. The van der Waals surface area contributed by atoms with Gasteiger partial charge in [-0.15, -0.1) is 0 Å². The van der Waals surface area contributed by atoms with E-state index in [0.717, 1.165) is 11.1 Å². The molecule has 4 rings (SSSR count). The van der Waals surface area contributed by atoms with Gasteiger partial charge < -0.3 is 24.3 Å². The zero-order valence-electron chi connectivity index (χ0n) is 20.4. The molecule has 0 bridgehead atoms. The molecule has 1 fully saturated rings. The normalized spacial score (nSPS) is 14.0. The average molecular weight is 556 g/mol. The number of thioether (sulfide) groups is 1. The van der Waals surface area contributed by atoms with Crippen molar-refractivity contribution in [3.63, 3.8) is 0 Å². The number of thiocarbonyl (C=S) groups is 1. The second-order valence-corrected chi connectivity index (χ2v) is 10.0. The lowest BCUT2D eigenvalue weighted by molar-refractivity contribution is -0.115. The number of benzene rings is 3. The highest BCUT2D eigenvalue weighted by Crippen LogP contribution is 2.39. The molecule has 0 unspecified atom stereocenters. The van der Waals surface area contributed by atoms with Crippen LogP contribution in [0, 0.1) is 0 Å². The van der Waals surface area contributed by atoms with Crippen molar-refractivity contribution in [2.75, 3.05) is 13.2 Å². The van der Waals surface area contributed by atoms with Gasteiger partial charge in [-0.1, -0.05) is 72.0 Å². The molecule has 0 atom stereocenters. The Labute approximate surface area is 230 Å². The van der Waals surface area contributed by atoms with E-state index in [4.69, 9.17) is 42.8 Å². The Bertz CT molecular complexity index is 1310. The van der Waals surface area contributed by atoms with Gasteiger partial charge in [0.25, 0.3) is 5.91 Å². The van der Waals surface area contributed by atoms with Gasteiger partial charge in [0, 0.05) is 0 Å². The van der Waals surface area contributed by atoms with Crippen LogP contribution in [0.5, 0.6) is 23.0 Å². The summed E-state index contributed by atoms with van der Waals surface area (Å²) < 4.78 is 24.1. The zero-order chi connectivity index (χ0) is 26.2. The molecule has 6 nitrogen and oxygen atoms in total. The van der Waals surface area contributed by atoms with Crippen molar-refractivity contribution in [1.82, 2.24) is 5.32 Å². The maximum absolute atomic E-state index is 12.0. The number of hydrogen-bond donors (Lipinski definition) is 1. The van der Waals surface area contributed by atoms with Crippen molar-refractivity contribution in [2.24, 2.45) is 0 Å². The standard InChI is InChI=1S/C28H26ClNO5S2/c1-3-32-23-13-19(10-11-22(23)34-16-18-8-6-5-7-9-18)17-35-26-21(29)12-20(14-24(26)33-4-2)15-25-27(31)30-28(36)37-25/h5-15H,3-4,16-17H2,1-2H3,(H,30,31,36)/b25-15+. The van der Waals surface area contributed by atoms with Crippen LogP contribution in [-0.2, 0) is 18.0 Å². The van der Waals surface area contributed by atoms with E-state index in [2.05, 4.69) is 5.32 Å². The molecule has 0 spiro atoms. The Morgan fingerprint density at radius 2 is 1.59 bits per heavy atom. The van der Waals surface area contributed by atoms with Gasteiger partial charge in [-0.25, -0.2) is 0 Å². The predicted octanol–water partition coefficient (Wildman–Crippen LogP) is 6.78. The summed E-state index contributed by atoms with van der Waals surface area (Å²) >= 11 is 12.8. The van der Waals surface area contributed by atoms with Crippen LogP contribution < -0.4 is 24.3 Å². The van der Waals surface area contributed by atoms with E-state index < -0.39 is 0 Å². The highest BCUT2D eigenvalue weighted by Gasteiger charge is 2.22. The molecule has 0 radical (unpaired) electrons. The third-order valence-corrected chi connectivity index (χ3v) is 6.64. The Balaban J connectivity index is 1.50. The molecule has 9 heteroatoms. The molecule has 37 heavy (non-hydrogen) atoms. The van der Waals surface area contributed by atoms with Gasteiger partial charge in [0.15, 0.2) is 23.0 Å². The van der Waals surface area contributed by atoms with E-state index in [9.17, 15) is 4.79 Å². The average Bonchev–Trinajstić information content (AvgIpc) is 3.20. The Morgan fingerprint density at radius 1 is 0.865 bits per heavy atom. The summed E-state index contributed by atoms with van der Waals surface area (Å²) in [6.07, 6.45) is 1.72. The first kappa shape index (κ1) is 26.9. The van der Waals surface area contributed by atoms with Gasteiger partial charge in [-0.05, 0) is 60.9 Å². The molecule has 192 valence electrons. The topological polar surface area (TPSA) is 66.0 Å². The molecule has 0 aromatic heterocycles. The summed E-state index contributed by atoms with van der Waals surface area (Å²) in [5, 5.41) is 2.98. The summed E-state index contributed by atoms with van der Waals surface area (Å²) in [5.41, 5.74) is 2.67. The maximum Gasteiger partial charge on any atom is 0.263 e. The third-order valence-electron chi connectivity index (χ3n) is 5.20. The van der Waals surface area contributed by atoms with Gasteiger partial charge in [0.1, 0.15) is 17.5 Å². The minimum atomic E-state index is -0.231. The summed E-state index contributed by atoms with van der Waals surface area (Å²) in [4.78, 5) is 12.5. The molecular weight excluding hydrogens is 530 g/mol.